The van der Waals surface area contributed by atoms with Crippen LogP contribution in [0.15, 0.2) is 48.5 Å². The summed E-state index contributed by atoms with van der Waals surface area (Å²) in [5.41, 5.74) is 4.39. The van der Waals surface area contributed by atoms with Gasteiger partial charge in [-0.1, -0.05) is 43.7 Å². The van der Waals surface area contributed by atoms with Crippen molar-refractivity contribution in [1.29, 1.82) is 0 Å². The summed E-state index contributed by atoms with van der Waals surface area (Å²) >= 11 is 0. The van der Waals surface area contributed by atoms with Crippen LogP contribution in [0.3, 0.4) is 0 Å². The number of rotatable bonds is 6. The van der Waals surface area contributed by atoms with Gasteiger partial charge in [-0.05, 0) is 30.2 Å². The Hall–Kier alpha value is -2.82. The summed E-state index contributed by atoms with van der Waals surface area (Å²) in [7, 11) is 0. The molecule has 0 bridgehead atoms. The second kappa shape index (κ2) is 8.72. The van der Waals surface area contributed by atoms with Crippen LogP contribution < -0.4 is 10.2 Å². The summed E-state index contributed by atoms with van der Waals surface area (Å²) in [4.78, 5) is 27.4. The lowest BCUT2D eigenvalue weighted by Crippen LogP contribution is -2.25. The summed E-state index contributed by atoms with van der Waals surface area (Å²) in [6.45, 7) is 3.88. The fourth-order valence-electron chi connectivity index (χ4n) is 2.14. The highest BCUT2D eigenvalue weighted by molar-refractivity contribution is 5.95. The average Bonchev–Trinajstić information content (AvgIpc) is 2.60. The van der Waals surface area contributed by atoms with Gasteiger partial charge in [0, 0.05) is 18.1 Å². The number of amides is 1. The summed E-state index contributed by atoms with van der Waals surface area (Å²) in [6.07, 6.45) is 1.95. The van der Waals surface area contributed by atoms with Crippen LogP contribution in [-0.4, -0.2) is 18.5 Å². The van der Waals surface area contributed by atoms with Gasteiger partial charge in [0.25, 0.3) is 5.91 Å². The van der Waals surface area contributed by atoms with Gasteiger partial charge in [-0.15, -0.1) is 0 Å². The molecule has 0 saturated carbocycles. The minimum absolute atomic E-state index is 0.363. The van der Waals surface area contributed by atoms with E-state index in [1.807, 2.05) is 36.4 Å². The molecular weight excluding hydrogens is 306 g/mol. The van der Waals surface area contributed by atoms with Crippen LogP contribution in [0.5, 0.6) is 5.75 Å². The van der Waals surface area contributed by atoms with Crippen LogP contribution in [0.1, 0.15) is 37.0 Å². The Morgan fingerprint density at radius 2 is 1.83 bits per heavy atom. The summed E-state index contributed by atoms with van der Waals surface area (Å²) < 4.78 is 5.86. The van der Waals surface area contributed by atoms with E-state index in [1.54, 1.807) is 12.1 Å². The van der Waals surface area contributed by atoms with Gasteiger partial charge in [0.05, 0.1) is 6.61 Å². The third kappa shape index (κ3) is 4.84. The number of carbonyl (C=O) groups is 2. The first-order valence-electron chi connectivity index (χ1n) is 7.92. The molecule has 0 aromatic heterocycles. The highest BCUT2D eigenvalue weighted by atomic mass is 16.7. The zero-order valence-corrected chi connectivity index (χ0v) is 13.9. The zero-order chi connectivity index (χ0) is 17.4. The third-order valence-corrected chi connectivity index (χ3v) is 3.37. The van der Waals surface area contributed by atoms with E-state index in [9.17, 15) is 9.59 Å². The van der Waals surface area contributed by atoms with E-state index in [4.69, 9.17) is 4.74 Å². The molecule has 0 fully saturated rings. The molecule has 0 spiro atoms. The van der Waals surface area contributed by atoms with Crippen molar-refractivity contribution in [2.24, 2.45) is 0 Å². The second-order valence-corrected chi connectivity index (χ2v) is 5.30. The van der Waals surface area contributed by atoms with Crippen molar-refractivity contribution >= 4 is 11.9 Å². The standard InChI is InChI=1S/C19H21NO4/c1-3-4-12-23-18-13-16(19(22)20-24-14(2)21)10-11-17(18)15-8-6-5-7-9-15/h5-11,13H,3-4,12H2,1-2H3,(H,20,22). The molecule has 2 aromatic rings. The number of benzene rings is 2. The Balaban J connectivity index is 2.28. The fourth-order valence-corrected chi connectivity index (χ4v) is 2.14. The van der Waals surface area contributed by atoms with Crippen LogP contribution in [0.2, 0.25) is 0 Å². The van der Waals surface area contributed by atoms with Gasteiger partial charge in [0.15, 0.2) is 0 Å². The van der Waals surface area contributed by atoms with Crippen molar-refractivity contribution in [2.75, 3.05) is 6.61 Å². The lowest BCUT2D eigenvalue weighted by atomic mass is 10.0. The number of ether oxygens (including phenoxy) is 1. The van der Waals surface area contributed by atoms with Crippen LogP contribution in [0, 0.1) is 0 Å². The van der Waals surface area contributed by atoms with Crippen molar-refractivity contribution in [3.63, 3.8) is 0 Å². The van der Waals surface area contributed by atoms with Gasteiger partial charge >= 0.3 is 5.97 Å². The minimum Gasteiger partial charge on any atom is -0.493 e. The van der Waals surface area contributed by atoms with Crippen LogP contribution >= 0.6 is 0 Å². The maximum atomic E-state index is 12.0. The Kier molecular flexibility index (Phi) is 6.37. The molecular formula is C19H21NO4. The topological polar surface area (TPSA) is 64.6 Å². The largest absolute Gasteiger partial charge is 0.493 e. The molecule has 0 atom stereocenters. The first kappa shape index (κ1) is 17.5. The van der Waals surface area contributed by atoms with Gasteiger partial charge in [0.2, 0.25) is 0 Å². The maximum Gasteiger partial charge on any atom is 0.329 e. The maximum absolute atomic E-state index is 12.0. The van der Waals surface area contributed by atoms with E-state index in [2.05, 4.69) is 17.2 Å². The quantitative estimate of drug-likeness (QED) is 0.648. The first-order valence-corrected chi connectivity index (χ1v) is 7.92. The highest BCUT2D eigenvalue weighted by Crippen LogP contribution is 2.31. The fraction of sp³-hybridized carbons (Fsp3) is 0.263. The molecule has 2 aromatic carbocycles. The molecule has 24 heavy (non-hydrogen) atoms. The molecule has 0 saturated heterocycles. The smallest absolute Gasteiger partial charge is 0.329 e. The van der Waals surface area contributed by atoms with Crippen LogP contribution in [0.25, 0.3) is 11.1 Å². The van der Waals surface area contributed by atoms with Crippen molar-refractivity contribution < 1.29 is 19.2 Å². The molecule has 126 valence electrons. The van der Waals surface area contributed by atoms with E-state index in [-0.39, 0.29) is 0 Å². The van der Waals surface area contributed by atoms with Crippen molar-refractivity contribution in [1.82, 2.24) is 5.48 Å². The molecule has 5 nitrogen and oxygen atoms in total. The Labute approximate surface area is 141 Å². The van der Waals surface area contributed by atoms with Crippen molar-refractivity contribution in [3.05, 3.63) is 54.1 Å². The summed E-state index contributed by atoms with van der Waals surface area (Å²) in [5.74, 6) is -0.445. The zero-order valence-electron chi connectivity index (χ0n) is 13.9. The number of carbonyl (C=O) groups excluding carboxylic acids is 2. The van der Waals surface area contributed by atoms with Gasteiger partial charge in [0.1, 0.15) is 5.75 Å². The molecule has 0 aliphatic heterocycles. The van der Waals surface area contributed by atoms with Gasteiger partial charge in [-0.2, -0.15) is 5.48 Å². The Morgan fingerprint density at radius 3 is 2.50 bits per heavy atom. The molecule has 0 unspecified atom stereocenters. The van der Waals surface area contributed by atoms with Gasteiger partial charge in [-0.25, -0.2) is 0 Å². The number of nitrogens with one attached hydrogen (secondary N) is 1. The molecule has 1 amide bonds. The van der Waals surface area contributed by atoms with Gasteiger partial charge in [-0.3, -0.25) is 9.59 Å². The van der Waals surface area contributed by atoms with Crippen molar-refractivity contribution in [3.8, 4) is 16.9 Å². The lowest BCUT2D eigenvalue weighted by Gasteiger charge is -2.13. The monoisotopic (exact) mass is 327 g/mol. The van der Waals surface area contributed by atoms with Gasteiger partial charge < -0.3 is 9.57 Å². The third-order valence-electron chi connectivity index (χ3n) is 3.37. The molecule has 2 rings (SSSR count). The van der Waals surface area contributed by atoms with E-state index in [1.165, 1.54) is 6.92 Å². The molecule has 1 N–H and O–H groups in total. The summed E-state index contributed by atoms with van der Waals surface area (Å²) in [6, 6.07) is 15.0. The molecule has 0 heterocycles. The molecule has 0 radical (unpaired) electrons. The van der Waals surface area contributed by atoms with E-state index < -0.39 is 11.9 Å². The Bertz CT molecular complexity index is 698. The molecule has 5 heteroatoms. The number of hydrogen-bond acceptors (Lipinski definition) is 4. The SMILES string of the molecule is CCCCOc1cc(C(=O)NOC(C)=O)ccc1-c1ccccc1. The summed E-state index contributed by atoms with van der Waals surface area (Å²) in [5, 5.41) is 0. The number of hydrogen-bond donors (Lipinski definition) is 1. The molecule has 0 aliphatic rings. The highest BCUT2D eigenvalue weighted by Gasteiger charge is 2.13. The predicted octanol–water partition coefficient (Wildman–Crippen LogP) is 3.74. The van der Waals surface area contributed by atoms with Crippen LogP contribution in [0.4, 0.5) is 0 Å². The number of hydroxylamine groups is 1. The lowest BCUT2D eigenvalue weighted by molar-refractivity contribution is -0.146. The van der Waals surface area contributed by atoms with Crippen LogP contribution in [-0.2, 0) is 9.63 Å². The van der Waals surface area contributed by atoms with Crippen molar-refractivity contribution in [2.45, 2.75) is 26.7 Å². The van der Waals surface area contributed by atoms with E-state index >= 15 is 0 Å². The predicted molar refractivity (Wildman–Crippen MR) is 91.5 cm³/mol. The molecule has 0 aliphatic carbocycles. The van der Waals surface area contributed by atoms with E-state index in [0.29, 0.717) is 17.9 Å². The average molecular weight is 327 g/mol. The second-order valence-electron chi connectivity index (χ2n) is 5.30. The number of unbranched alkanes of at least 4 members (excludes halogenated alkanes) is 1. The van der Waals surface area contributed by atoms with E-state index in [0.717, 1.165) is 24.0 Å². The minimum atomic E-state index is -0.580. The normalized spacial score (nSPS) is 10.1. The Morgan fingerprint density at radius 1 is 1.08 bits per heavy atom. The first-order chi connectivity index (χ1) is 11.6.